The number of carbonyl (C=O) groups excluding carboxylic acids is 1. The predicted octanol–water partition coefficient (Wildman–Crippen LogP) is -1.62. The van der Waals surface area contributed by atoms with E-state index in [2.05, 4.69) is 0 Å². The Hall–Kier alpha value is -5.64. The first-order valence-electron chi connectivity index (χ1n) is 19.9. The van der Waals surface area contributed by atoms with Crippen LogP contribution in [-0.4, -0.2) is 183 Å². The maximum Gasteiger partial charge on any atom is 0.402 e. The van der Waals surface area contributed by atoms with Crippen LogP contribution in [0, 0.1) is 0 Å². The maximum absolute atomic E-state index is 12.6. The van der Waals surface area contributed by atoms with Crippen LogP contribution in [-0.2, 0) is 28.5 Å². The van der Waals surface area contributed by atoms with Crippen LogP contribution in [0.4, 0.5) is 0 Å². The van der Waals surface area contributed by atoms with Gasteiger partial charge >= 0.3 is 17.3 Å². The first kappa shape index (κ1) is 47.3. The highest BCUT2D eigenvalue weighted by Gasteiger charge is 2.50. The third kappa shape index (κ3) is 9.97. The van der Waals surface area contributed by atoms with Gasteiger partial charge in [-0.15, -0.1) is 0 Å². The summed E-state index contributed by atoms with van der Waals surface area (Å²) in [5.41, 5.74) is 0.157. The summed E-state index contributed by atoms with van der Waals surface area (Å²) in [6.45, 7) is -0.0677. The Kier molecular flexibility index (Phi) is 14.2. The maximum atomic E-state index is 12.6. The first-order valence-corrected chi connectivity index (χ1v) is 19.9. The summed E-state index contributed by atoms with van der Waals surface area (Å²) in [7, 11) is 0. The van der Waals surface area contributed by atoms with Crippen molar-refractivity contribution < 1.29 is 114 Å². The lowest BCUT2D eigenvalue weighted by Crippen LogP contribution is -2.62. The number of carbonyl (C=O) groups is 1. The average molecular weight is 920 g/mol. The Balaban J connectivity index is 1.12. The molecule has 4 aromatic rings. The highest BCUT2D eigenvalue weighted by Crippen LogP contribution is 2.45. The van der Waals surface area contributed by atoms with Gasteiger partial charge in [-0.3, -0.25) is 0 Å². The molecule has 3 aromatic carbocycles. The summed E-state index contributed by atoms with van der Waals surface area (Å²) in [6.07, 6.45) is -23.3. The zero-order valence-corrected chi connectivity index (χ0v) is 33.9. The Labute approximate surface area is 366 Å². The molecule has 4 heterocycles. The summed E-state index contributed by atoms with van der Waals surface area (Å²) in [6, 6.07) is 11.1. The Morgan fingerprint density at radius 1 is 0.662 bits per heavy atom. The molecular formula is C42H47O23+. The van der Waals surface area contributed by atoms with Crippen LogP contribution in [0.5, 0.6) is 40.2 Å². The van der Waals surface area contributed by atoms with Crippen molar-refractivity contribution in [1.29, 1.82) is 0 Å². The van der Waals surface area contributed by atoms with Crippen molar-refractivity contribution in [2.45, 2.75) is 99.0 Å². The fourth-order valence-corrected chi connectivity index (χ4v) is 7.28. The van der Waals surface area contributed by atoms with E-state index in [1.54, 1.807) is 0 Å². The molecule has 15 unspecified atom stereocenters. The number of hydrogen-bond acceptors (Lipinski definition) is 22. The molecule has 0 aliphatic carbocycles. The molecule has 0 radical (unpaired) electrons. The highest BCUT2D eigenvalue weighted by molar-refractivity contribution is 5.89. The number of benzene rings is 3. The average Bonchev–Trinajstić information content (AvgIpc) is 3.27. The van der Waals surface area contributed by atoms with Gasteiger partial charge in [-0.25, -0.2) is 9.21 Å². The van der Waals surface area contributed by atoms with Gasteiger partial charge in [0.1, 0.15) is 83.7 Å². The summed E-state index contributed by atoms with van der Waals surface area (Å²) in [5.74, 6) is -5.06. The van der Waals surface area contributed by atoms with E-state index in [4.69, 9.17) is 37.6 Å². The number of phenols is 5. The standard InChI is InChI=1S/C42H46O23/c1-15-38(65-28(48)7-4-16-2-5-18(44)6-3-16)34(54)37(57)40(59-15)58-14-27-31(51)33(53)36(56)42(64-27)62-25-12-20-23(60-39(25)17-8-21(46)29(49)22(47)9-17)10-19(45)11-24(20)61-41-35(55)32(52)30(50)26(13-43)63-41/h2-12,15,26-27,30-38,40-43,50-57H,13-14H2,1H3,(H4-,44,45,46,47,48,49)/p+1. The van der Waals surface area contributed by atoms with Gasteiger partial charge in [0.05, 0.1) is 30.9 Å². The van der Waals surface area contributed by atoms with Crippen molar-refractivity contribution >= 4 is 23.0 Å². The van der Waals surface area contributed by atoms with Crippen LogP contribution in [0.25, 0.3) is 28.4 Å². The van der Waals surface area contributed by atoms with Gasteiger partial charge in [0.15, 0.2) is 29.6 Å². The topological polar surface area (TPSA) is 376 Å². The molecule has 0 spiro atoms. The van der Waals surface area contributed by atoms with Crippen LogP contribution >= 0.6 is 0 Å². The lowest BCUT2D eigenvalue weighted by molar-refractivity contribution is -0.319. The van der Waals surface area contributed by atoms with E-state index in [9.17, 15) is 76.3 Å². The Bertz CT molecular complexity index is 2320. The van der Waals surface area contributed by atoms with Gasteiger partial charge in [-0.2, -0.15) is 0 Å². The van der Waals surface area contributed by atoms with E-state index >= 15 is 0 Å². The van der Waals surface area contributed by atoms with Crippen LogP contribution in [0.1, 0.15) is 12.5 Å². The minimum atomic E-state index is -2.03. The molecule has 0 saturated carbocycles. The minimum absolute atomic E-state index is 0.0194. The van der Waals surface area contributed by atoms with Gasteiger partial charge in [0, 0.05) is 30.3 Å². The number of aromatic hydroxyl groups is 5. The molecule has 15 atom stereocenters. The van der Waals surface area contributed by atoms with Gasteiger partial charge < -0.3 is 105 Å². The number of esters is 1. The fourth-order valence-electron chi connectivity index (χ4n) is 7.28. The quantitative estimate of drug-likeness (QED) is 0.0329. The van der Waals surface area contributed by atoms with Crippen LogP contribution in [0.15, 0.2) is 65.1 Å². The molecule has 14 N–H and O–H groups in total. The normalized spacial score (nSPS) is 32.9. The lowest BCUT2D eigenvalue weighted by Gasteiger charge is -2.42. The number of aliphatic hydroxyl groups is 9. The molecule has 0 bridgehead atoms. The molecule has 1 aromatic heterocycles. The molecular weight excluding hydrogens is 872 g/mol. The first-order chi connectivity index (χ1) is 30.8. The van der Waals surface area contributed by atoms with Gasteiger partial charge in [-0.05, 0) is 30.7 Å². The molecule has 3 aliphatic heterocycles. The van der Waals surface area contributed by atoms with E-state index in [-0.39, 0.29) is 33.8 Å². The number of phenolic OH excluding ortho intramolecular Hbond substituents is 5. The number of ether oxygens (including phenoxy) is 7. The molecule has 7 rings (SSSR count). The van der Waals surface area contributed by atoms with E-state index in [0.717, 1.165) is 36.4 Å². The second-order valence-electron chi connectivity index (χ2n) is 15.5. The van der Waals surface area contributed by atoms with Gasteiger partial charge in [0.2, 0.25) is 18.3 Å². The molecule has 0 amide bonds. The van der Waals surface area contributed by atoms with Crippen molar-refractivity contribution in [3.63, 3.8) is 0 Å². The number of rotatable bonds is 12. The van der Waals surface area contributed by atoms with Crippen molar-refractivity contribution in [2.24, 2.45) is 0 Å². The van der Waals surface area contributed by atoms with E-state index in [1.165, 1.54) is 37.3 Å². The Morgan fingerprint density at radius 2 is 1.25 bits per heavy atom. The SMILES string of the molecule is CC1OC(OCC2OC(Oc3cc4c(OC5OC(CO)C(O)C(O)C5O)cc(O)cc4[o+]c3-c3cc(O)c(O)c(O)c3)C(O)C(O)C2O)C(O)C(O)C1OC(=O)C=Cc1ccc(O)cc1. The van der Waals surface area contributed by atoms with E-state index < -0.39 is 140 Å². The van der Waals surface area contributed by atoms with Crippen molar-refractivity contribution in [2.75, 3.05) is 13.2 Å². The fraction of sp³-hybridized carbons (Fsp3) is 0.429. The summed E-state index contributed by atoms with van der Waals surface area (Å²) < 4.78 is 45.8. The third-order valence-electron chi connectivity index (χ3n) is 10.9. The van der Waals surface area contributed by atoms with Crippen molar-refractivity contribution in [1.82, 2.24) is 0 Å². The summed E-state index contributed by atoms with van der Waals surface area (Å²) in [5, 5.41) is 146. The van der Waals surface area contributed by atoms with Crippen LogP contribution < -0.4 is 9.47 Å². The molecule has 23 nitrogen and oxygen atoms in total. The van der Waals surface area contributed by atoms with Crippen LogP contribution in [0.3, 0.4) is 0 Å². The van der Waals surface area contributed by atoms with Gasteiger partial charge in [-0.1, -0.05) is 12.1 Å². The zero-order valence-electron chi connectivity index (χ0n) is 33.9. The van der Waals surface area contributed by atoms with E-state index in [0.29, 0.717) is 5.56 Å². The molecule has 23 heteroatoms. The number of fused-ring (bicyclic) bond motifs is 1. The smallest absolute Gasteiger partial charge is 0.402 e. The summed E-state index contributed by atoms with van der Waals surface area (Å²) >= 11 is 0. The molecule has 352 valence electrons. The van der Waals surface area contributed by atoms with Crippen molar-refractivity contribution in [3.05, 3.63) is 66.2 Å². The third-order valence-corrected chi connectivity index (χ3v) is 10.9. The second kappa shape index (κ2) is 19.4. The summed E-state index contributed by atoms with van der Waals surface area (Å²) in [4.78, 5) is 12.6. The second-order valence-corrected chi connectivity index (χ2v) is 15.5. The predicted molar refractivity (Wildman–Crippen MR) is 214 cm³/mol. The zero-order chi connectivity index (χ0) is 47.0. The monoisotopic (exact) mass is 919 g/mol. The highest BCUT2D eigenvalue weighted by atomic mass is 16.7. The molecule has 3 fully saturated rings. The van der Waals surface area contributed by atoms with Crippen LogP contribution in [0.2, 0.25) is 0 Å². The molecule has 3 aliphatic rings. The Morgan fingerprint density at radius 3 is 1.88 bits per heavy atom. The lowest BCUT2D eigenvalue weighted by atomic mass is 9.98. The van der Waals surface area contributed by atoms with Gasteiger partial charge in [0.25, 0.3) is 0 Å². The largest absolute Gasteiger partial charge is 0.508 e. The number of aliphatic hydroxyl groups excluding tert-OH is 9. The van der Waals surface area contributed by atoms with E-state index in [1.807, 2.05) is 0 Å². The molecule has 65 heavy (non-hydrogen) atoms. The van der Waals surface area contributed by atoms with Crippen molar-refractivity contribution in [3.8, 4) is 51.6 Å². The minimum Gasteiger partial charge on any atom is -0.508 e. The molecule has 3 saturated heterocycles. The number of hydrogen-bond donors (Lipinski definition) is 14.